The molecule has 0 N–H and O–H groups in total. The number of carbonyl (C=O) groups excluding carboxylic acids is 1. The summed E-state index contributed by atoms with van der Waals surface area (Å²) in [7, 11) is 0. The molecule has 4 aromatic rings. The van der Waals surface area contributed by atoms with Crippen molar-refractivity contribution in [2.24, 2.45) is 0 Å². The molecule has 0 radical (unpaired) electrons. The third-order valence-electron chi connectivity index (χ3n) is 5.49. The van der Waals surface area contributed by atoms with Crippen molar-refractivity contribution in [2.75, 3.05) is 13.1 Å². The number of imidazole rings is 1. The number of aromatic nitrogens is 6. The molecular formula is C22H21N7O. The van der Waals surface area contributed by atoms with E-state index in [0.717, 1.165) is 35.4 Å². The van der Waals surface area contributed by atoms with Crippen molar-refractivity contribution in [2.45, 2.75) is 25.8 Å². The highest BCUT2D eigenvalue weighted by molar-refractivity contribution is 5.92. The highest BCUT2D eigenvalue weighted by Gasteiger charge is 2.26. The number of likely N-dealkylation sites (tertiary alicyclic amines) is 1. The van der Waals surface area contributed by atoms with Crippen molar-refractivity contribution in [3.8, 4) is 11.3 Å². The lowest BCUT2D eigenvalue weighted by Crippen LogP contribution is -2.39. The van der Waals surface area contributed by atoms with Crippen molar-refractivity contribution < 1.29 is 4.79 Å². The van der Waals surface area contributed by atoms with Crippen molar-refractivity contribution >= 4 is 17.2 Å². The summed E-state index contributed by atoms with van der Waals surface area (Å²) in [6.07, 6.45) is 8.72. The third-order valence-corrected chi connectivity index (χ3v) is 5.49. The second-order valence-electron chi connectivity index (χ2n) is 7.48. The Labute approximate surface area is 173 Å². The number of hydrogen-bond donors (Lipinski definition) is 0. The number of piperidine rings is 1. The average molecular weight is 399 g/mol. The molecule has 0 aromatic carbocycles. The maximum Gasteiger partial charge on any atom is 0.272 e. The van der Waals surface area contributed by atoms with Crippen LogP contribution >= 0.6 is 0 Å². The van der Waals surface area contributed by atoms with E-state index in [2.05, 4.69) is 24.5 Å². The number of fused-ring (bicyclic) bond motifs is 1. The van der Waals surface area contributed by atoms with Gasteiger partial charge in [-0.25, -0.2) is 19.9 Å². The number of amides is 1. The molecule has 30 heavy (non-hydrogen) atoms. The minimum absolute atomic E-state index is 0.00806. The summed E-state index contributed by atoms with van der Waals surface area (Å²) < 4.78 is 2.09. The van der Waals surface area contributed by atoms with E-state index >= 15 is 0 Å². The summed E-state index contributed by atoms with van der Waals surface area (Å²) in [5, 5.41) is 0. The summed E-state index contributed by atoms with van der Waals surface area (Å²) in [5.41, 5.74) is 4.45. The van der Waals surface area contributed by atoms with Crippen LogP contribution in [0.5, 0.6) is 0 Å². The molecule has 8 nitrogen and oxygen atoms in total. The molecule has 8 heteroatoms. The molecule has 0 saturated carbocycles. The van der Waals surface area contributed by atoms with Gasteiger partial charge in [0.25, 0.3) is 5.91 Å². The number of nitrogens with zero attached hydrogens (tertiary/aromatic N) is 7. The zero-order valence-electron chi connectivity index (χ0n) is 16.6. The lowest BCUT2D eigenvalue weighted by Gasteiger charge is -2.32. The van der Waals surface area contributed by atoms with Crippen LogP contribution in [0, 0.1) is 6.92 Å². The first-order valence-corrected chi connectivity index (χ1v) is 10.0. The fraction of sp³-hybridized carbons (Fsp3) is 0.273. The highest BCUT2D eigenvalue weighted by atomic mass is 16.2. The predicted octanol–water partition coefficient (Wildman–Crippen LogP) is 3.07. The van der Waals surface area contributed by atoms with Crippen LogP contribution in [0.1, 0.15) is 35.1 Å². The Hall–Kier alpha value is -3.68. The molecule has 5 rings (SSSR count). The molecule has 1 fully saturated rings. The number of pyridine rings is 2. The zero-order valence-corrected chi connectivity index (χ0v) is 16.6. The largest absolute Gasteiger partial charge is 0.337 e. The van der Waals surface area contributed by atoms with Gasteiger partial charge in [0, 0.05) is 42.8 Å². The number of aryl methyl sites for hydroxylation is 1. The summed E-state index contributed by atoms with van der Waals surface area (Å²) in [6.45, 7) is 3.25. The van der Waals surface area contributed by atoms with Gasteiger partial charge in [0.15, 0.2) is 11.3 Å². The van der Waals surface area contributed by atoms with Gasteiger partial charge in [0.2, 0.25) is 0 Å². The Morgan fingerprint density at radius 3 is 2.67 bits per heavy atom. The predicted molar refractivity (Wildman–Crippen MR) is 112 cm³/mol. The minimum atomic E-state index is -0.00806. The van der Waals surface area contributed by atoms with E-state index in [0.29, 0.717) is 24.4 Å². The standard InChI is InChI=1S/C22H21N7O/c1-15-4-2-6-18(26-15)22(30)28-10-7-17(8-11-28)29-14-25-20-21(29)27-19(13-24-20)16-5-3-9-23-12-16/h2-6,9,12-14,17H,7-8,10-11H2,1H3. The Morgan fingerprint density at radius 1 is 1.03 bits per heavy atom. The zero-order chi connectivity index (χ0) is 20.5. The fourth-order valence-electron chi connectivity index (χ4n) is 3.90. The summed E-state index contributed by atoms with van der Waals surface area (Å²) in [6, 6.07) is 9.62. The molecule has 1 saturated heterocycles. The Balaban J connectivity index is 1.35. The van der Waals surface area contributed by atoms with Crippen LogP contribution in [0.3, 0.4) is 0 Å². The molecule has 0 bridgehead atoms. The molecular weight excluding hydrogens is 378 g/mol. The van der Waals surface area contributed by atoms with Crippen LogP contribution in [0.25, 0.3) is 22.6 Å². The molecule has 150 valence electrons. The van der Waals surface area contributed by atoms with E-state index in [-0.39, 0.29) is 11.9 Å². The minimum Gasteiger partial charge on any atom is -0.337 e. The quantitative estimate of drug-likeness (QED) is 0.526. The van der Waals surface area contributed by atoms with Crippen LogP contribution in [-0.2, 0) is 0 Å². The van der Waals surface area contributed by atoms with Crippen molar-refractivity contribution in [3.05, 3.63) is 66.6 Å². The van der Waals surface area contributed by atoms with Gasteiger partial charge in [-0.3, -0.25) is 9.78 Å². The lowest BCUT2D eigenvalue weighted by molar-refractivity contribution is 0.0689. The van der Waals surface area contributed by atoms with Crippen LogP contribution in [0.2, 0.25) is 0 Å². The molecule has 1 amide bonds. The molecule has 5 heterocycles. The Bertz CT molecular complexity index is 1200. The molecule has 0 spiro atoms. The van der Waals surface area contributed by atoms with Gasteiger partial charge in [0.1, 0.15) is 5.69 Å². The summed E-state index contributed by atoms with van der Waals surface area (Å²) in [4.78, 5) is 36.9. The summed E-state index contributed by atoms with van der Waals surface area (Å²) >= 11 is 0. The maximum atomic E-state index is 12.8. The molecule has 0 atom stereocenters. The molecule has 0 aliphatic carbocycles. The fourth-order valence-corrected chi connectivity index (χ4v) is 3.90. The SMILES string of the molecule is Cc1cccc(C(=O)N2CCC(n3cnc4ncc(-c5cccnc5)nc43)CC2)n1. The van der Waals surface area contributed by atoms with Crippen LogP contribution in [0.15, 0.2) is 55.2 Å². The van der Waals surface area contributed by atoms with E-state index in [1.54, 1.807) is 24.7 Å². The number of carbonyl (C=O) groups is 1. The molecule has 4 aromatic heterocycles. The first-order chi connectivity index (χ1) is 14.7. The molecule has 1 aliphatic rings. The smallest absolute Gasteiger partial charge is 0.272 e. The first-order valence-electron chi connectivity index (χ1n) is 10.0. The Kier molecular flexibility index (Phi) is 4.66. The van der Waals surface area contributed by atoms with Crippen molar-refractivity contribution in [1.82, 2.24) is 34.4 Å². The van der Waals surface area contributed by atoms with Crippen molar-refractivity contribution in [3.63, 3.8) is 0 Å². The normalized spacial score (nSPS) is 14.9. The van der Waals surface area contributed by atoms with Crippen molar-refractivity contribution in [1.29, 1.82) is 0 Å². The lowest BCUT2D eigenvalue weighted by atomic mass is 10.0. The molecule has 0 unspecified atom stereocenters. The highest BCUT2D eigenvalue weighted by Crippen LogP contribution is 2.27. The average Bonchev–Trinajstić information content (AvgIpc) is 3.22. The van der Waals surface area contributed by atoms with Gasteiger partial charge in [-0.15, -0.1) is 0 Å². The first kappa shape index (κ1) is 18.4. The number of rotatable bonds is 3. The second kappa shape index (κ2) is 7.62. The summed E-state index contributed by atoms with van der Waals surface area (Å²) in [5.74, 6) is -0.00806. The van der Waals surface area contributed by atoms with E-state index in [1.807, 2.05) is 42.4 Å². The Morgan fingerprint density at radius 2 is 1.90 bits per heavy atom. The third kappa shape index (κ3) is 3.41. The van der Waals surface area contributed by atoms with E-state index in [1.165, 1.54) is 0 Å². The van der Waals surface area contributed by atoms with E-state index in [4.69, 9.17) is 4.98 Å². The number of hydrogen-bond acceptors (Lipinski definition) is 6. The van der Waals surface area contributed by atoms with Crippen LogP contribution in [-0.4, -0.2) is 53.4 Å². The van der Waals surface area contributed by atoms with Crippen LogP contribution in [0.4, 0.5) is 0 Å². The van der Waals surface area contributed by atoms with Gasteiger partial charge in [-0.05, 0) is 44.0 Å². The van der Waals surface area contributed by atoms with E-state index in [9.17, 15) is 4.79 Å². The topological polar surface area (TPSA) is 89.7 Å². The molecule has 1 aliphatic heterocycles. The van der Waals surface area contributed by atoms with Gasteiger partial charge < -0.3 is 9.47 Å². The van der Waals surface area contributed by atoms with Gasteiger partial charge in [0.05, 0.1) is 18.2 Å². The maximum absolute atomic E-state index is 12.8. The van der Waals surface area contributed by atoms with E-state index < -0.39 is 0 Å². The van der Waals surface area contributed by atoms with Gasteiger partial charge in [-0.2, -0.15) is 0 Å². The van der Waals surface area contributed by atoms with Crippen LogP contribution < -0.4 is 0 Å². The van der Waals surface area contributed by atoms with Gasteiger partial charge in [-0.1, -0.05) is 6.07 Å². The van der Waals surface area contributed by atoms with Gasteiger partial charge >= 0.3 is 0 Å². The monoisotopic (exact) mass is 399 g/mol. The second-order valence-corrected chi connectivity index (χ2v) is 7.48.